The first-order valence-electron chi connectivity index (χ1n) is 6.38. The number of carbonyl (C=O) groups is 1. The Morgan fingerprint density at radius 1 is 1.22 bits per heavy atom. The number of benzene rings is 1. The molecule has 1 aromatic rings. The Hall–Kier alpha value is -1.06. The van der Waals surface area contributed by atoms with Crippen LogP contribution < -0.4 is 0 Å². The van der Waals surface area contributed by atoms with Crippen LogP contribution in [0.2, 0.25) is 5.02 Å². The summed E-state index contributed by atoms with van der Waals surface area (Å²) in [6, 6.07) is 7.48. The molecule has 2 atom stereocenters. The number of fused-ring (bicyclic) bond motifs is 2. The van der Waals surface area contributed by atoms with Gasteiger partial charge in [-0.1, -0.05) is 23.7 Å². The lowest BCUT2D eigenvalue weighted by Crippen LogP contribution is -2.46. The van der Waals surface area contributed by atoms with E-state index in [1.54, 1.807) is 0 Å². The Kier molecular flexibility index (Phi) is 3.27. The Bertz CT molecular complexity index is 434. The molecule has 0 spiro atoms. The molecule has 1 amide bonds. The van der Waals surface area contributed by atoms with Crippen LogP contribution in [0.25, 0.3) is 0 Å². The zero-order chi connectivity index (χ0) is 12.5. The lowest BCUT2D eigenvalue weighted by Gasteiger charge is -2.32. The van der Waals surface area contributed by atoms with Gasteiger partial charge in [0, 0.05) is 18.1 Å². The van der Waals surface area contributed by atoms with E-state index < -0.39 is 0 Å². The Morgan fingerprint density at radius 2 is 1.83 bits per heavy atom. The largest absolute Gasteiger partial charge is 0.371 e. The predicted molar refractivity (Wildman–Crippen MR) is 69.6 cm³/mol. The minimum Gasteiger partial charge on any atom is -0.371 e. The van der Waals surface area contributed by atoms with E-state index in [0.29, 0.717) is 11.4 Å². The molecule has 3 rings (SSSR count). The topological polar surface area (TPSA) is 29.5 Å². The number of halogens is 1. The smallest absolute Gasteiger partial charge is 0.227 e. The van der Waals surface area contributed by atoms with E-state index in [1.165, 1.54) is 0 Å². The fraction of sp³-hybridized carbons (Fsp3) is 0.500. The van der Waals surface area contributed by atoms with Crippen molar-refractivity contribution in [3.05, 3.63) is 34.9 Å². The van der Waals surface area contributed by atoms with Gasteiger partial charge < -0.3 is 9.64 Å². The van der Waals surface area contributed by atoms with E-state index in [2.05, 4.69) is 0 Å². The number of nitrogens with zero attached hydrogens (tertiary/aromatic N) is 1. The van der Waals surface area contributed by atoms with Crippen LogP contribution in [0, 0.1) is 0 Å². The second kappa shape index (κ2) is 4.90. The highest BCUT2D eigenvalue weighted by Gasteiger charge is 2.35. The molecule has 0 radical (unpaired) electrons. The summed E-state index contributed by atoms with van der Waals surface area (Å²) >= 11 is 5.83. The van der Waals surface area contributed by atoms with Crippen LogP contribution in [-0.4, -0.2) is 36.1 Å². The highest BCUT2D eigenvalue weighted by molar-refractivity contribution is 6.30. The number of rotatable bonds is 2. The van der Waals surface area contributed by atoms with Gasteiger partial charge in [-0.25, -0.2) is 0 Å². The number of ether oxygens (including phenoxy) is 1. The summed E-state index contributed by atoms with van der Waals surface area (Å²) in [7, 11) is 0. The molecular weight excluding hydrogens is 250 g/mol. The van der Waals surface area contributed by atoms with Crippen molar-refractivity contribution in [1.29, 1.82) is 0 Å². The van der Waals surface area contributed by atoms with Crippen LogP contribution in [0.15, 0.2) is 24.3 Å². The lowest BCUT2D eigenvalue weighted by atomic mass is 10.1. The van der Waals surface area contributed by atoms with Crippen molar-refractivity contribution >= 4 is 17.5 Å². The van der Waals surface area contributed by atoms with Gasteiger partial charge in [0.15, 0.2) is 0 Å². The molecule has 0 N–H and O–H groups in total. The van der Waals surface area contributed by atoms with Crippen molar-refractivity contribution in [2.45, 2.75) is 31.5 Å². The molecule has 2 aliphatic heterocycles. The highest BCUT2D eigenvalue weighted by atomic mass is 35.5. The van der Waals surface area contributed by atoms with E-state index in [-0.39, 0.29) is 18.1 Å². The first-order valence-corrected chi connectivity index (χ1v) is 6.76. The molecule has 18 heavy (non-hydrogen) atoms. The molecule has 3 nitrogen and oxygen atoms in total. The molecule has 0 saturated carbocycles. The maximum absolute atomic E-state index is 12.2. The van der Waals surface area contributed by atoms with Gasteiger partial charge in [-0.2, -0.15) is 0 Å². The lowest BCUT2D eigenvalue weighted by molar-refractivity contribution is -0.139. The Labute approximate surface area is 112 Å². The standard InChI is InChI=1S/C14H16ClNO2/c15-11-3-1-10(2-4-11)7-14(17)16-8-12-5-6-13(9-16)18-12/h1-4,12-13H,5-9H2. The summed E-state index contributed by atoms with van der Waals surface area (Å²) in [5.41, 5.74) is 1.02. The molecule has 4 heteroatoms. The first-order chi connectivity index (χ1) is 8.70. The molecule has 2 fully saturated rings. The molecule has 2 bridgehead atoms. The fourth-order valence-electron chi connectivity index (χ4n) is 2.71. The van der Waals surface area contributed by atoms with Gasteiger partial charge in [-0.15, -0.1) is 0 Å². The molecule has 2 aliphatic rings. The zero-order valence-electron chi connectivity index (χ0n) is 10.1. The van der Waals surface area contributed by atoms with Gasteiger partial charge in [0.2, 0.25) is 5.91 Å². The minimum atomic E-state index is 0.192. The maximum atomic E-state index is 12.2. The summed E-state index contributed by atoms with van der Waals surface area (Å²) in [5.74, 6) is 0.192. The van der Waals surface area contributed by atoms with Crippen LogP contribution in [0.1, 0.15) is 18.4 Å². The third-order valence-electron chi connectivity index (χ3n) is 3.66. The van der Waals surface area contributed by atoms with Gasteiger partial charge in [0.25, 0.3) is 0 Å². The molecule has 0 aliphatic carbocycles. The molecule has 2 heterocycles. The normalized spacial score (nSPS) is 26.4. The predicted octanol–water partition coefficient (Wildman–Crippen LogP) is 2.27. The molecule has 1 aromatic carbocycles. The molecule has 2 saturated heterocycles. The van der Waals surface area contributed by atoms with Gasteiger partial charge in [-0.3, -0.25) is 4.79 Å². The summed E-state index contributed by atoms with van der Waals surface area (Å²) in [4.78, 5) is 14.2. The summed E-state index contributed by atoms with van der Waals surface area (Å²) < 4.78 is 5.73. The monoisotopic (exact) mass is 265 g/mol. The van der Waals surface area contributed by atoms with Crippen molar-refractivity contribution < 1.29 is 9.53 Å². The number of likely N-dealkylation sites (tertiary alicyclic amines) is 1. The van der Waals surface area contributed by atoms with Crippen molar-refractivity contribution in [3.8, 4) is 0 Å². The number of hydrogen-bond acceptors (Lipinski definition) is 2. The number of hydrogen-bond donors (Lipinski definition) is 0. The molecule has 0 aromatic heterocycles. The summed E-state index contributed by atoms with van der Waals surface area (Å²) in [6.07, 6.45) is 3.16. The SMILES string of the molecule is O=C(Cc1ccc(Cl)cc1)N1CC2CCC(C1)O2. The van der Waals surface area contributed by atoms with Gasteiger partial charge in [-0.05, 0) is 30.5 Å². The highest BCUT2D eigenvalue weighted by Crippen LogP contribution is 2.26. The summed E-state index contributed by atoms with van der Waals surface area (Å²) in [6.45, 7) is 1.51. The van der Waals surface area contributed by atoms with Crippen LogP contribution in [-0.2, 0) is 16.0 Å². The second-order valence-electron chi connectivity index (χ2n) is 5.06. The van der Waals surface area contributed by atoms with Crippen molar-refractivity contribution in [2.75, 3.05) is 13.1 Å². The van der Waals surface area contributed by atoms with E-state index >= 15 is 0 Å². The van der Waals surface area contributed by atoms with E-state index in [9.17, 15) is 4.79 Å². The third-order valence-corrected chi connectivity index (χ3v) is 3.92. The van der Waals surface area contributed by atoms with Crippen molar-refractivity contribution in [1.82, 2.24) is 4.90 Å². The van der Waals surface area contributed by atoms with E-state index in [0.717, 1.165) is 31.5 Å². The van der Waals surface area contributed by atoms with Crippen LogP contribution in [0.5, 0.6) is 0 Å². The summed E-state index contributed by atoms with van der Waals surface area (Å²) in [5, 5.41) is 0.704. The zero-order valence-corrected chi connectivity index (χ0v) is 10.9. The molecule has 96 valence electrons. The molecular formula is C14H16ClNO2. The van der Waals surface area contributed by atoms with Gasteiger partial charge >= 0.3 is 0 Å². The van der Waals surface area contributed by atoms with Crippen molar-refractivity contribution in [3.63, 3.8) is 0 Å². The quantitative estimate of drug-likeness (QED) is 0.821. The van der Waals surface area contributed by atoms with Crippen LogP contribution in [0.4, 0.5) is 0 Å². The van der Waals surface area contributed by atoms with Gasteiger partial charge in [0.1, 0.15) is 0 Å². The average Bonchev–Trinajstić information content (AvgIpc) is 2.71. The van der Waals surface area contributed by atoms with Crippen LogP contribution in [0.3, 0.4) is 0 Å². The van der Waals surface area contributed by atoms with Crippen molar-refractivity contribution in [2.24, 2.45) is 0 Å². The number of amides is 1. The minimum absolute atomic E-state index is 0.192. The van der Waals surface area contributed by atoms with E-state index in [1.807, 2.05) is 29.2 Å². The Balaban J connectivity index is 1.63. The third kappa shape index (κ3) is 2.52. The van der Waals surface area contributed by atoms with E-state index in [4.69, 9.17) is 16.3 Å². The molecule has 2 unspecified atom stereocenters. The number of carbonyl (C=O) groups excluding carboxylic acids is 1. The van der Waals surface area contributed by atoms with Crippen LogP contribution >= 0.6 is 11.6 Å². The Morgan fingerprint density at radius 3 is 2.44 bits per heavy atom. The average molecular weight is 266 g/mol. The maximum Gasteiger partial charge on any atom is 0.227 e. The number of morpholine rings is 1. The fourth-order valence-corrected chi connectivity index (χ4v) is 2.83. The van der Waals surface area contributed by atoms with Gasteiger partial charge in [0.05, 0.1) is 18.6 Å². The second-order valence-corrected chi connectivity index (χ2v) is 5.50. The first kappa shape index (κ1) is 12.0.